The Bertz CT molecular complexity index is 549. The number of rotatable bonds is 7. The fourth-order valence-corrected chi connectivity index (χ4v) is 3.47. The predicted molar refractivity (Wildman–Crippen MR) is 85.7 cm³/mol. The van der Waals surface area contributed by atoms with E-state index in [1.54, 1.807) is 18.4 Å². The van der Waals surface area contributed by atoms with Gasteiger partial charge in [0.15, 0.2) is 0 Å². The highest BCUT2D eigenvalue weighted by atomic mass is 32.1. The van der Waals surface area contributed by atoms with Gasteiger partial charge in [0.05, 0.1) is 13.2 Å². The maximum atomic E-state index is 10.3. The third-order valence-corrected chi connectivity index (χ3v) is 4.93. The zero-order chi connectivity index (χ0) is 14.7. The first-order valence-corrected chi connectivity index (χ1v) is 8.24. The van der Waals surface area contributed by atoms with Crippen LogP contribution in [0.5, 0.6) is 5.75 Å². The van der Waals surface area contributed by atoms with Crippen LogP contribution in [0.1, 0.15) is 35.4 Å². The Balaban J connectivity index is 1.60. The molecule has 4 heteroatoms. The zero-order valence-corrected chi connectivity index (χ0v) is 13.0. The smallest absolute Gasteiger partial charge is 0.118 e. The minimum absolute atomic E-state index is 0.387. The lowest BCUT2D eigenvalue weighted by Crippen LogP contribution is -2.27. The molecule has 1 saturated carbocycles. The molecule has 3 rings (SSSR count). The highest BCUT2D eigenvalue weighted by molar-refractivity contribution is 7.10. The largest absolute Gasteiger partial charge is 0.497 e. The number of aliphatic hydroxyl groups excluding tert-OH is 1. The molecule has 1 aromatic carbocycles. The van der Waals surface area contributed by atoms with Gasteiger partial charge in [-0.15, -0.1) is 11.3 Å². The first-order chi connectivity index (χ1) is 10.3. The van der Waals surface area contributed by atoms with Gasteiger partial charge in [-0.05, 0) is 47.9 Å². The fraction of sp³-hybridized carbons (Fsp3) is 0.412. The van der Waals surface area contributed by atoms with Crippen LogP contribution >= 0.6 is 11.3 Å². The number of thiophene rings is 1. The van der Waals surface area contributed by atoms with Crippen molar-refractivity contribution in [2.24, 2.45) is 5.92 Å². The van der Waals surface area contributed by atoms with Crippen molar-refractivity contribution in [3.63, 3.8) is 0 Å². The Morgan fingerprint density at radius 1 is 1.29 bits per heavy atom. The van der Waals surface area contributed by atoms with Crippen molar-refractivity contribution in [1.82, 2.24) is 5.32 Å². The molecule has 1 aromatic heterocycles. The van der Waals surface area contributed by atoms with Crippen LogP contribution < -0.4 is 10.1 Å². The molecule has 2 N–H and O–H groups in total. The predicted octanol–water partition coefficient (Wildman–Crippen LogP) is 3.53. The van der Waals surface area contributed by atoms with Gasteiger partial charge in [0.2, 0.25) is 0 Å². The quantitative estimate of drug-likeness (QED) is 0.822. The van der Waals surface area contributed by atoms with Crippen molar-refractivity contribution in [1.29, 1.82) is 0 Å². The molecule has 0 bridgehead atoms. The average molecular weight is 303 g/mol. The van der Waals surface area contributed by atoms with Crippen molar-refractivity contribution in [3.05, 3.63) is 52.2 Å². The van der Waals surface area contributed by atoms with Gasteiger partial charge in [-0.3, -0.25) is 0 Å². The molecule has 21 heavy (non-hydrogen) atoms. The van der Waals surface area contributed by atoms with Crippen LogP contribution in [0.4, 0.5) is 0 Å². The third kappa shape index (κ3) is 3.64. The van der Waals surface area contributed by atoms with Gasteiger partial charge in [0, 0.05) is 17.5 Å². The van der Waals surface area contributed by atoms with Gasteiger partial charge < -0.3 is 15.2 Å². The van der Waals surface area contributed by atoms with E-state index in [2.05, 4.69) is 22.8 Å². The number of methoxy groups -OCH3 is 1. The van der Waals surface area contributed by atoms with E-state index in [-0.39, 0.29) is 0 Å². The second kappa shape index (κ2) is 6.60. The second-order valence-corrected chi connectivity index (χ2v) is 6.51. The Labute approximate surface area is 129 Å². The monoisotopic (exact) mass is 303 g/mol. The molecule has 0 spiro atoms. The fourth-order valence-electron chi connectivity index (χ4n) is 2.58. The molecular weight excluding hydrogens is 282 g/mol. The van der Waals surface area contributed by atoms with E-state index in [4.69, 9.17) is 4.74 Å². The van der Waals surface area contributed by atoms with Crippen LogP contribution in [0.2, 0.25) is 0 Å². The van der Waals surface area contributed by atoms with Gasteiger partial charge in [-0.1, -0.05) is 18.2 Å². The molecule has 1 heterocycles. The molecule has 3 nitrogen and oxygen atoms in total. The molecule has 0 saturated heterocycles. The molecule has 1 fully saturated rings. The van der Waals surface area contributed by atoms with E-state index in [0.717, 1.165) is 17.2 Å². The van der Waals surface area contributed by atoms with Crippen molar-refractivity contribution >= 4 is 11.3 Å². The number of nitrogens with one attached hydrogen (secondary N) is 1. The molecule has 1 aliphatic carbocycles. The van der Waals surface area contributed by atoms with E-state index >= 15 is 0 Å². The first-order valence-electron chi connectivity index (χ1n) is 7.36. The normalized spacial score (nSPS) is 17.4. The zero-order valence-electron chi connectivity index (χ0n) is 12.2. The Morgan fingerprint density at radius 2 is 2.05 bits per heavy atom. The Kier molecular flexibility index (Phi) is 4.58. The summed E-state index contributed by atoms with van der Waals surface area (Å²) < 4.78 is 5.14. The van der Waals surface area contributed by atoms with E-state index < -0.39 is 6.10 Å². The number of ether oxygens (including phenoxy) is 1. The van der Waals surface area contributed by atoms with Gasteiger partial charge >= 0.3 is 0 Å². The molecular formula is C17H21NO2S. The van der Waals surface area contributed by atoms with Crippen LogP contribution in [0.25, 0.3) is 0 Å². The average Bonchev–Trinajstić information content (AvgIpc) is 3.21. The van der Waals surface area contributed by atoms with Crippen LogP contribution in [0.15, 0.2) is 41.8 Å². The summed E-state index contributed by atoms with van der Waals surface area (Å²) in [5.74, 6) is 1.54. The SMILES string of the molecule is COc1ccc([C@H](O)CN[C@H](c2cccs2)C2CC2)cc1. The summed E-state index contributed by atoms with van der Waals surface area (Å²) in [6, 6.07) is 12.3. The number of benzene rings is 1. The molecule has 2 aromatic rings. The van der Waals surface area contributed by atoms with Gasteiger partial charge in [-0.2, -0.15) is 0 Å². The highest BCUT2D eigenvalue weighted by Crippen LogP contribution is 2.42. The summed E-state index contributed by atoms with van der Waals surface area (Å²) in [4.78, 5) is 1.37. The summed E-state index contributed by atoms with van der Waals surface area (Å²) in [5.41, 5.74) is 0.920. The lowest BCUT2D eigenvalue weighted by atomic mass is 10.1. The topological polar surface area (TPSA) is 41.5 Å². The van der Waals surface area contributed by atoms with Crippen LogP contribution in [0, 0.1) is 5.92 Å². The molecule has 0 radical (unpaired) electrons. The molecule has 0 amide bonds. The number of hydrogen-bond acceptors (Lipinski definition) is 4. The maximum absolute atomic E-state index is 10.3. The van der Waals surface area contributed by atoms with E-state index in [1.807, 2.05) is 24.3 Å². The van der Waals surface area contributed by atoms with Crippen molar-refractivity contribution in [2.45, 2.75) is 25.0 Å². The molecule has 1 aliphatic rings. The number of aliphatic hydroxyl groups is 1. The van der Waals surface area contributed by atoms with Crippen molar-refractivity contribution in [3.8, 4) is 5.75 Å². The van der Waals surface area contributed by atoms with Crippen LogP contribution in [-0.4, -0.2) is 18.8 Å². The minimum Gasteiger partial charge on any atom is -0.497 e. The molecule has 2 atom stereocenters. The molecule has 0 aliphatic heterocycles. The lowest BCUT2D eigenvalue weighted by molar-refractivity contribution is 0.168. The molecule has 0 unspecified atom stereocenters. The summed E-state index contributed by atoms with van der Waals surface area (Å²) >= 11 is 1.79. The van der Waals surface area contributed by atoms with Gasteiger partial charge in [0.1, 0.15) is 5.75 Å². The van der Waals surface area contributed by atoms with Gasteiger partial charge in [-0.25, -0.2) is 0 Å². The molecule has 112 valence electrons. The minimum atomic E-state index is -0.489. The first kappa shape index (κ1) is 14.6. The van der Waals surface area contributed by atoms with E-state index in [9.17, 15) is 5.11 Å². The summed E-state index contributed by atoms with van der Waals surface area (Å²) in [5, 5.41) is 16.0. The second-order valence-electron chi connectivity index (χ2n) is 5.53. The lowest BCUT2D eigenvalue weighted by Gasteiger charge is -2.20. The summed E-state index contributed by atoms with van der Waals surface area (Å²) in [6.07, 6.45) is 2.08. The highest BCUT2D eigenvalue weighted by Gasteiger charge is 2.32. The van der Waals surface area contributed by atoms with Crippen LogP contribution in [0.3, 0.4) is 0 Å². The summed E-state index contributed by atoms with van der Waals surface area (Å²) in [7, 11) is 1.65. The third-order valence-electron chi connectivity index (χ3n) is 3.97. The Hall–Kier alpha value is -1.36. The maximum Gasteiger partial charge on any atom is 0.118 e. The van der Waals surface area contributed by atoms with Gasteiger partial charge in [0.25, 0.3) is 0 Å². The van der Waals surface area contributed by atoms with Crippen molar-refractivity contribution < 1.29 is 9.84 Å². The van der Waals surface area contributed by atoms with E-state index in [1.165, 1.54) is 17.7 Å². The standard InChI is InChI=1S/C17H21NO2S/c1-20-14-8-6-12(7-9-14)15(19)11-18-17(13-4-5-13)16-3-2-10-21-16/h2-3,6-10,13,15,17-19H,4-5,11H2,1H3/t15-,17+/m1/s1. The van der Waals surface area contributed by atoms with Crippen molar-refractivity contribution in [2.75, 3.05) is 13.7 Å². The Morgan fingerprint density at radius 3 is 2.62 bits per heavy atom. The summed E-state index contributed by atoms with van der Waals surface area (Å²) in [6.45, 7) is 0.575. The number of hydrogen-bond donors (Lipinski definition) is 2. The van der Waals surface area contributed by atoms with Crippen LogP contribution in [-0.2, 0) is 0 Å². The van der Waals surface area contributed by atoms with E-state index in [0.29, 0.717) is 12.6 Å².